The predicted octanol–water partition coefficient (Wildman–Crippen LogP) is 1.90. The zero-order valence-electron chi connectivity index (χ0n) is 14.4. The van der Waals surface area contributed by atoms with Gasteiger partial charge in [-0.3, -0.25) is 4.79 Å². The fourth-order valence-electron chi connectivity index (χ4n) is 2.71. The zero-order chi connectivity index (χ0) is 18.1. The van der Waals surface area contributed by atoms with Gasteiger partial charge in [-0.15, -0.1) is 5.10 Å². The van der Waals surface area contributed by atoms with E-state index in [1.54, 1.807) is 25.3 Å². The van der Waals surface area contributed by atoms with Gasteiger partial charge in [0.25, 0.3) is 5.91 Å². The molecule has 0 saturated heterocycles. The first kappa shape index (κ1) is 16.1. The van der Waals surface area contributed by atoms with E-state index < -0.39 is 0 Å². The molecule has 26 heavy (non-hydrogen) atoms. The summed E-state index contributed by atoms with van der Waals surface area (Å²) in [4.78, 5) is 21.4. The number of methoxy groups -OCH3 is 1. The van der Waals surface area contributed by atoms with E-state index in [1.165, 1.54) is 11.0 Å². The minimum absolute atomic E-state index is 0.276. The molecule has 1 amide bonds. The molecule has 1 aromatic carbocycles. The molecule has 2 aromatic heterocycles. The second-order valence-corrected chi connectivity index (χ2v) is 6.09. The van der Waals surface area contributed by atoms with Crippen molar-refractivity contribution in [3.8, 4) is 11.4 Å². The highest BCUT2D eigenvalue weighted by molar-refractivity contribution is 6.04. The number of anilines is 1. The van der Waals surface area contributed by atoms with E-state index in [9.17, 15) is 4.79 Å². The van der Waals surface area contributed by atoms with Gasteiger partial charge in [0.15, 0.2) is 0 Å². The maximum Gasteiger partial charge on any atom is 0.256 e. The molecule has 4 rings (SSSR count). The lowest BCUT2D eigenvalue weighted by Gasteiger charge is -2.11. The molecular weight excluding hydrogens is 334 g/mol. The molecule has 0 spiro atoms. The monoisotopic (exact) mass is 351 g/mol. The number of hydrogen-bond donors (Lipinski definition) is 1. The van der Waals surface area contributed by atoms with E-state index in [0.717, 1.165) is 18.5 Å². The van der Waals surface area contributed by atoms with Gasteiger partial charge in [0.05, 0.1) is 7.11 Å². The number of hydrogen-bond acceptors (Lipinski definition) is 7. The van der Waals surface area contributed by atoms with Crippen LogP contribution in [0, 0.1) is 6.92 Å². The Balaban J connectivity index is 1.61. The number of rotatable bonds is 5. The van der Waals surface area contributed by atoms with Crippen molar-refractivity contribution in [1.82, 2.24) is 30.2 Å². The molecule has 2 heterocycles. The van der Waals surface area contributed by atoms with E-state index in [4.69, 9.17) is 4.74 Å². The Bertz CT molecular complexity index is 952. The summed E-state index contributed by atoms with van der Waals surface area (Å²) in [5, 5.41) is 13.9. The Morgan fingerprint density at radius 3 is 2.81 bits per heavy atom. The molecule has 9 heteroatoms. The van der Waals surface area contributed by atoms with Crippen molar-refractivity contribution in [1.29, 1.82) is 0 Å². The molecule has 1 aliphatic rings. The number of nitrogens with one attached hydrogen (secondary N) is 1. The zero-order valence-corrected chi connectivity index (χ0v) is 14.4. The van der Waals surface area contributed by atoms with Crippen molar-refractivity contribution in [2.24, 2.45) is 0 Å². The van der Waals surface area contributed by atoms with Gasteiger partial charge in [-0.25, -0.2) is 9.97 Å². The normalized spacial score (nSPS) is 13.5. The first-order valence-electron chi connectivity index (χ1n) is 8.22. The first-order valence-corrected chi connectivity index (χ1v) is 8.22. The van der Waals surface area contributed by atoms with E-state index >= 15 is 0 Å². The summed E-state index contributed by atoms with van der Waals surface area (Å²) < 4.78 is 6.76. The van der Waals surface area contributed by atoms with Gasteiger partial charge in [0, 0.05) is 23.2 Å². The Labute approximate surface area is 149 Å². The fourth-order valence-corrected chi connectivity index (χ4v) is 2.71. The van der Waals surface area contributed by atoms with Crippen LogP contribution in [0.5, 0.6) is 5.75 Å². The van der Waals surface area contributed by atoms with Crippen molar-refractivity contribution in [3.63, 3.8) is 0 Å². The second-order valence-electron chi connectivity index (χ2n) is 6.09. The highest BCUT2D eigenvalue weighted by Crippen LogP contribution is 2.39. The highest BCUT2D eigenvalue weighted by atomic mass is 16.5. The first-order chi connectivity index (χ1) is 12.6. The summed E-state index contributed by atoms with van der Waals surface area (Å²) in [6.07, 6.45) is 3.71. The maximum atomic E-state index is 12.7. The number of benzene rings is 1. The largest absolute Gasteiger partial charge is 0.494 e. The third-order valence-corrected chi connectivity index (χ3v) is 4.13. The second kappa shape index (κ2) is 6.51. The van der Waals surface area contributed by atoms with Crippen LogP contribution in [0.25, 0.3) is 5.69 Å². The van der Waals surface area contributed by atoms with Gasteiger partial charge in [0.1, 0.15) is 29.4 Å². The minimum Gasteiger partial charge on any atom is -0.494 e. The third kappa shape index (κ3) is 3.23. The number of aryl methyl sites for hydroxylation is 1. The molecule has 3 aromatic rings. The van der Waals surface area contributed by atoms with Crippen LogP contribution in [0.2, 0.25) is 0 Å². The summed E-state index contributed by atoms with van der Waals surface area (Å²) in [5.74, 6) is 1.92. The van der Waals surface area contributed by atoms with Gasteiger partial charge >= 0.3 is 0 Å². The smallest absolute Gasteiger partial charge is 0.256 e. The van der Waals surface area contributed by atoms with Crippen LogP contribution in [-0.2, 0) is 0 Å². The minimum atomic E-state index is -0.276. The number of nitrogens with zero attached hydrogens (tertiary/aromatic N) is 6. The molecule has 1 N–H and O–H groups in total. The lowest BCUT2D eigenvalue weighted by molar-refractivity contribution is 0.102. The molecule has 0 atom stereocenters. The summed E-state index contributed by atoms with van der Waals surface area (Å²) in [6.45, 7) is 1.82. The lowest BCUT2D eigenvalue weighted by atomic mass is 10.1. The number of amides is 1. The number of carbonyl (C=O) groups is 1. The Kier molecular flexibility index (Phi) is 4.04. The van der Waals surface area contributed by atoms with Crippen LogP contribution >= 0.6 is 0 Å². The van der Waals surface area contributed by atoms with Crippen LogP contribution in [0.3, 0.4) is 0 Å². The topological polar surface area (TPSA) is 108 Å². The molecule has 1 saturated carbocycles. The highest BCUT2D eigenvalue weighted by Gasteiger charge is 2.26. The molecule has 0 radical (unpaired) electrons. The van der Waals surface area contributed by atoms with Crippen LogP contribution < -0.4 is 10.1 Å². The Hall–Kier alpha value is -3.36. The van der Waals surface area contributed by atoms with Crippen molar-refractivity contribution in [2.45, 2.75) is 25.7 Å². The quantitative estimate of drug-likeness (QED) is 0.748. The third-order valence-electron chi connectivity index (χ3n) is 4.13. The summed E-state index contributed by atoms with van der Waals surface area (Å²) in [5.41, 5.74) is 2.00. The Morgan fingerprint density at radius 2 is 2.12 bits per heavy atom. The van der Waals surface area contributed by atoms with Gasteiger partial charge in [-0.1, -0.05) is 0 Å². The molecule has 0 bridgehead atoms. The van der Waals surface area contributed by atoms with Crippen molar-refractivity contribution in [2.75, 3.05) is 12.4 Å². The molecule has 0 aliphatic heterocycles. The molecule has 1 aliphatic carbocycles. The summed E-state index contributed by atoms with van der Waals surface area (Å²) >= 11 is 0. The van der Waals surface area contributed by atoms with Gasteiger partial charge in [-0.05, 0) is 48.4 Å². The number of tetrazole rings is 1. The van der Waals surface area contributed by atoms with E-state index in [2.05, 4.69) is 30.8 Å². The number of carbonyl (C=O) groups excluding carboxylic acids is 1. The standard InChI is InChI=1S/C17H17N7O2/c1-10-19-13(11-3-4-11)8-16(20-10)21-17(25)12-5-6-15(26-2)14(7-12)24-9-18-22-23-24/h5-9,11H,3-4H2,1-2H3,(H,19,20,21,25). The Morgan fingerprint density at radius 1 is 1.27 bits per heavy atom. The lowest BCUT2D eigenvalue weighted by Crippen LogP contribution is -2.15. The average molecular weight is 351 g/mol. The fraction of sp³-hybridized carbons (Fsp3) is 0.294. The van der Waals surface area contributed by atoms with Crippen LogP contribution in [-0.4, -0.2) is 43.2 Å². The van der Waals surface area contributed by atoms with Crippen LogP contribution in [0.15, 0.2) is 30.6 Å². The SMILES string of the molecule is COc1ccc(C(=O)Nc2cc(C3CC3)nc(C)n2)cc1-n1cnnn1. The van der Waals surface area contributed by atoms with Crippen LogP contribution in [0.1, 0.15) is 40.6 Å². The molecule has 132 valence electrons. The predicted molar refractivity (Wildman–Crippen MR) is 92.4 cm³/mol. The number of aromatic nitrogens is 6. The van der Waals surface area contributed by atoms with Crippen molar-refractivity contribution in [3.05, 3.63) is 47.7 Å². The van der Waals surface area contributed by atoms with Crippen molar-refractivity contribution < 1.29 is 9.53 Å². The van der Waals surface area contributed by atoms with Gasteiger partial charge < -0.3 is 10.1 Å². The van der Waals surface area contributed by atoms with E-state index in [0.29, 0.717) is 34.6 Å². The van der Waals surface area contributed by atoms with Crippen LogP contribution in [0.4, 0.5) is 5.82 Å². The maximum absolute atomic E-state index is 12.7. The molecule has 0 unspecified atom stereocenters. The van der Waals surface area contributed by atoms with E-state index in [1.807, 2.05) is 13.0 Å². The van der Waals surface area contributed by atoms with Gasteiger partial charge in [0.2, 0.25) is 0 Å². The summed E-state index contributed by atoms with van der Waals surface area (Å²) in [7, 11) is 1.55. The molecule has 1 fully saturated rings. The van der Waals surface area contributed by atoms with E-state index in [-0.39, 0.29) is 5.91 Å². The molecular formula is C17H17N7O2. The van der Waals surface area contributed by atoms with Gasteiger partial charge in [-0.2, -0.15) is 4.68 Å². The van der Waals surface area contributed by atoms with Crippen molar-refractivity contribution >= 4 is 11.7 Å². The molecule has 9 nitrogen and oxygen atoms in total. The average Bonchev–Trinajstić information content (AvgIpc) is 3.35. The summed E-state index contributed by atoms with van der Waals surface area (Å²) in [6, 6.07) is 6.89. The number of ether oxygens (including phenoxy) is 1.